The Morgan fingerprint density at radius 3 is 2.57 bits per heavy atom. The van der Waals surface area contributed by atoms with E-state index in [4.69, 9.17) is 28.6 Å². The number of amides is 2. The number of hydrazine groups is 1. The molecule has 2 rings (SSSR count). The number of nitro benzene ring substituents is 1. The van der Waals surface area contributed by atoms with Crippen molar-refractivity contribution in [2.75, 3.05) is 6.61 Å². The van der Waals surface area contributed by atoms with Crippen molar-refractivity contribution in [1.29, 1.82) is 0 Å². The molecule has 0 heterocycles. The van der Waals surface area contributed by atoms with Crippen molar-refractivity contribution in [3.8, 4) is 5.75 Å². The first-order chi connectivity index (χ1) is 14.2. The van der Waals surface area contributed by atoms with Gasteiger partial charge in [0.2, 0.25) is 0 Å². The SMILES string of the molecule is CC(C)c1ccccc1OCC(=O)NNC(=S)NC(=O)c1ccc(Cl)c([N+](=O)[O-])c1. The standard InChI is InChI=1S/C19H19ClN4O5S/c1-11(2)13-5-3-4-6-16(13)29-10-17(25)22-23-19(30)21-18(26)12-7-8-14(20)15(9-12)24(27)28/h3-9,11H,10H2,1-2H3,(H,22,25)(H2,21,23,26,30). The van der Waals surface area contributed by atoms with E-state index < -0.39 is 22.4 Å². The Bertz CT molecular complexity index is 983. The van der Waals surface area contributed by atoms with Gasteiger partial charge in [0.05, 0.1) is 4.92 Å². The highest BCUT2D eigenvalue weighted by molar-refractivity contribution is 7.80. The molecule has 30 heavy (non-hydrogen) atoms. The Balaban J connectivity index is 1.84. The smallest absolute Gasteiger partial charge is 0.288 e. The van der Waals surface area contributed by atoms with Gasteiger partial charge < -0.3 is 4.74 Å². The molecule has 0 unspecified atom stereocenters. The number of hydrogen-bond donors (Lipinski definition) is 3. The number of rotatable bonds is 6. The number of benzene rings is 2. The maximum atomic E-state index is 12.2. The number of carbonyl (C=O) groups excluding carboxylic acids is 2. The molecule has 9 nitrogen and oxygen atoms in total. The minimum Gasteiger partial charge on any atom is -0.483 e. The molecule has 2 amide bonds. The second-order valence-electron chi connectivity index (χ2n) is 6.36. The molecular formula is C19H19ClN4O5S. The molecule has 0 aliphatic carbocycles. The molecule has 0 saturated heterocycles. The molecule has 0 fully saturated rings. The molecule has 0 aromatic heterocycles. The Hall–Kier alpha value is -3.24. The molecule has 0 aliphatic heterocycles. The van der Waals surface area contributed by atoms with Crippen molar-refractivity contribution >= 4 is 46.4 Å². The first kappa shape index (κ1) is 23.0. The van der Waals surface area contributed by atoms with E-state index in [1.54, 1.807) is 6.07 Å². The lowest BCUT2D eigenvalue weighted by Crippen LogP contribution is -2.49. The van der Waals surface area contributed by atoms with Crippen LogP contribution in [-0.2, 0) is 4.79 Å². The summed E-state index contributed by atoms with van der Waals surface area (Å²) in [6.45, 7) is 3.76. The molecule has 11 heteroatoms. The van der Waals surface area contributed by atoms with Crippen molar-refractivity contribution in [3.05, 3.63) is 68.7 Å². The van der Waals surface area contributed by atoms with Gasteiger partial charge in [-0.1, -0.05) is 43.6 Å². The normalized spacial score (nSPS) is 10.3. The average Bonchev–Trinajstić information content (AvgIpc) is 2.70. The van der Waals surface area contributed by atoms with E-state index in [0.717, 1.165) is 11.6 Å². The van der Waals surface area contributed by atoms with E-state index in [2.05, 4.69) is 16.2 Å². The molecule has 0 aliphatic rings. The molecule has 2 aromatic carbocycles. The number of ether oxygens (including phenoxy) is 1. The molecular weight excluding hydrogens is 432 g/mol. The predicted molar refractivity (Wildman–Crippen MR) is 115 cm³/mol. The maximum absolute atomic E-state index is 12.2. The number of carbonyl (C=O) groups is 2. The van der Waals surface area contributed by atoms with E-state index in [0.29, 0.717) is 5.75 Å². The predicted octanol–water partition coefficient (Wildman–Crippen LogP) is 3.09. The van der Waals surface area contributed by atoms with Gasteiger partial charge in [0.15, 0.2) is 11.7 Å². The number of thiocarbonyl (C=S) groups is 1. The summed E-state index contributed by atoms with van der Waals surface area (Å²) < 4.78 is 5.53. The zero-order valence-corrected chi connectivity index (χ0v) is 17.7. The molecule has 2 aromatic rings. The van der Waals surface area contributed by atoms with E-state index in [9.17, 15) is 19.7 Å². The van der Waals surface area contributed by atoms with Crippen LogP contribution in [0.2, 0.25) is 5.02 Å². The van der Waals surface area contributed by atoms with Gasteiger partial charge in [-0.2, -0.15) is 0 Å². The summed E-state index contributed by atoms with van der Waals surface area (Å²) in [5.74, 6) is -0.396. The Labute approximate surface area is 182 Å². The first-order valence-corrected chi connectivity index (χ1v) is 9.53. The quantitative estimate of drug-likeness (QED) is 0.351. The fourth-order valence-corrected chi connectivity index (χ4v) is 2.73. The molecule has 0 saturated carbocycles. The van der Waals surface area contributed by atoms with Crippen LogP contribution in [0.4, 0.5) is 5.69 Å². The van der Waals surface area contributed by atoms with Crippen LogP contribution in [0.15, 0.2) is 42.5 Å². The lowest BCUT2D eigenvalue weighted by Gasteiger charge is -2.14. The Kier molecular flexibility index (Phi) is 8.07. The third kappa shape index (κ3) is 6.39. The minimum absolute atomic E-state index is 0.0183. The van der Waals surface area contributed by atoms with Crippen LogP contribution in [0.3, 0.4) is 0 Å². The van der Waals surface area contributed by atoms with Crippen LogP contribution >= 0.6 is 23.8 Å². The summed E-state index contributed by atoms with van der Waals surface area (Å²) in [5.41, 5.74) is 5.21. The van der Waals surface area contributed by atoms with E-state index in [1.165, 1.54) is 12.1 Å². The molecule has 0 spiro atoms. The van der Waals surface area contributed by atoms with Crippen molar-refractivity contribution in [1.82, 2.24) is 16.2 Å². The summed E-state index contributed by atoms with van der Waals surface area (Å²) in [4.78, 5) is 34.3. The molecule has 0 bridgehead atoms. The van der Waals surface area contributed by atoms with Crippen LogP contribution < -0.4 is 20.9 Å². The van der Waals surface area contributed by atoms with Gasteiger partial charge in [0.1, 0.15) is 10.8 Å². The van der Waals surface area contributed by atoms with Gasteiger partial charge in [-0.25, -0.2) is 0 Å². The van der Waals surface area contributed by atoms with E-state index in [1.807, 2.05) is 32.0 Å². The summed E-state index contributed by atoms with van der Waals surface area (Å²) in [7, 11) is 0. The fraction of sp³-hybridized carbons (Fsp3) is 0.211. The Morgan fingerprint density at radius 1 is 1.20 bits per heavy atom. The maximum Gasteiger partial charge on any atom is 0.288 e. The molecule has 0 radical (unpaired) electrons. The van der Waals surface area contributed by atoms with Gasteiger partial charge in [-0.15, -0.1) is 0 Å². The number of halogens is 1. The zero-order chi connectivity index (χ0) is 22.3. The first-order valence-electron chi connectivity index (χ1n) is 8.75. The lowest BCUT2D eigenvalue weighted by atomic mass is 10.0. The zero-order valence-electron chi connectivity index (χ0n) is 16.1. The van der Waals surface area contributed by atoms with Gasteiger partial charge in [-0.3, -0.25) is 35.9 Å². The number of nitrogens with zero attached hydrogens (tertiary/aromatic N) is 1. The van der Waals surface area contributed by atoms with E-state index >= 15 is 0 Å². The van der Waals surface area contributed by atoms with Crippen LogP contribution in [0, 0.1) is 10.1 Å². The van der Waals surface area contributed by atoms with Crippen molar-refractivity contribution in [2.45, 2.75) is 19.8 Å². The third-order valence-corrected chi connectivity index (χ3v) is 4.37. The second kappa shape index (κ2) is 10.5. The van der Waals surface area contributed by atoms with Crippen molar-refractivity contribution < 1.29 is 19.2 Å². The average molecular weight is 451 g/mol. The summed E-state index contributed by atoms with van der Waals surface area (Å²) in [6, 6.07) is 11.0. The van der Waals surface area contributed by atoms with Crippen molar-refractivity contribution in [3.63, 3.8) is 0 Å². The molecule has 3 N–H and O–H groups in total. The number of hydrogen-bond acceptors (Lipinski definition) is 6. The van der Waals surface area contributed by atoms with Crippen LogP contribution in [0.5, 0.6) is 5.75 Å². The van der Waals surface area contributed by atoms with Gasteiger partial charge in [0, 0.05) is 11.6 Å². The highest BCUT2D eigenvalue weighted by Crippen LogP contribution is 2.26. The van der Waals surface area contributed by atoms with Gasteiger partial charge >= 0.3 is 0 Å². The summed E-state index contributed by atoms with van der Waals surface area (Å²) in [6.07, 6.45) is 0. The van der Waals surface area contributed by atoms with E-state index in [-0.39, 0.29) is 28.2 Å². The monoisotopic (exact) mass is 450 g/mol. The van der Waals surface area contributed by atoms with Crippen molar-refractivity contribution in [2.24, 2.45) is 0 Å². The lowest BCUT2D eigenvalue weighted by molar-refractivity contribution is -0.384. The van der Waals surface area contributed by atoms with Crippen LogP contribution in [0.1, 0.15) is 35.7 Å². The largest absolute Gasteiger partial charge is 0.483 e. The highest BCUT2D eigenvalue weighted by atomic mass is 35.5. The molecule has 0 atom stereocenters. The summed E-state index contributed by atoms with van der Waals surface area (Å²) in [5, 5.41) is 12.9. The number of nitro groups is 1. The Morgan fingerprint density at radius 2 is 1.90 bits per heavy atom. The number of nitrogens with one attached hydrogen (secondary N) is 3. The summed E-state index contributed by atoms with van der Waals surface area (Å²) >= 11 is 10.6. The van der Waals surface area contributed by atoms with Crippen LogP contribution in [-0.4, -0.2) is 28.5 Å². The number of para-hydroxylation sites is 1. The van der Waals surface area contributed by atoms with Gasteiger partial charge in [0.25, 0.3) is 17.5 Å². The highest BCUT2D eigenvalue weighted by Gasteiger charge is 2.17. The minimum atomic E-state index is -0.705. The second-order valence-corrected chi connectivity index (χ2v) is 7.18. The molecule has 158 valence electrons. The fourth-order valence-electron chi connectivity index (χ4n) is 2.40. The third-order valence-electron chi connectivity index (χ3n) is 3.85. The van der Waals surface area contributed by atoms with Crippen LogP contribution in [0.25, 0.3) is 0 Å². The van der Waals surface area contributed by atoms with Gasteiger partial charge in [-0.05, 0) is 41.9 Å². The topological polar surface area (TPSA) is 123 Å².